The fourth-order valence-corrected chi connectivity index (χ4v) is 1.51. The van der Waals surface area contributed by atoms with Crippen molar-refractivity contribution in [3.8, 4) is 0 Å². The average molecular weight is 225 g/mol. The number of rotatable bonds is 8. The predicted octanol–water partition coefficient (Wildman–Crippen LogP) is 1.98. The van der Waals surface area contributed by atoms with Gasteiger partial charge in [-0.15, -0.1) is 0 Å². The largest absolute Gasteiger partial charge is 0.380 e. The molecule has 1 aromatic rings. The standard InChI is InChI=1S/C12H23N3O/c1-4-6-13-11(3)12-9-14-15(10-12)7-8-16-5-2/h9-11,13H,4-8H2,1-3H3. The van der Waals surface area contributed by atoms with E-state index in [0.29, 0.717) is 6.04 Å². The van der Waals surface area contributed by atoms with Crippen LogP contribution >= 0.6 is 0 Å². The molecule has 0 aliphatic rings. The molecule has 0 fully saturated rings. The molecule has 92 valence electrons. The minimum Gasteiger partial charge on any atom is -0.380 e. The molecule has 1 unspecified atom stereocenters. The fraction of sp³-hybridized carbons (Fsp3) is 0.750. The van der Waals surface area contributed by atoms with Crippen LogP contribution in [0.5, 0.6) is 0 Å². The zero-order valence-corrected chi connectivity index (χ0v) is 10.6. The molecular formula is C12H23N3O. The molecule has 0 aromatic carbocycles. The molecule has 0 amide bonds. The number of nitrogens with one attached hydrogen (secondary N) is 1. The van der Waals surface area contributed by atoms with Crippen molar-refractivity contribution >= 4 is 0 Å². The molecule has 1 rings (SSSR count). The lowest BCUT2D eigenvalue weighted by Crippen LogP contribution is -2.18. The second-order valence-electron chi connectivity index (χ2n) is 3.91. The van der Waals surface area contributed by atoms with Crippen LogP contribution in [0.15, 0.2) is 12.4 Å². The first kappa shape index (κ1) is 13.2. The van der Waals surface area contributed by atoms with E-state index < -0.39 is 0 Å². The van der Waals surface area contributed by atoms with Gasteiger partial charge in [0, 0.05) is 24.4 Å². The normalized spacial score (nSPS) is 12.9. The molecule has 0 aliphatic heterocycles. The van der Waals surface area contributed by atoms with Crippen LogP contribution in [0.25, 0.3) is 0 Å². The van der Waals surface area contributed by atoms with Gasteiger partial charge in [-0.1, -0.05) is 6.92 Å². The van der Waals surface area contributed by atoms with Crippen LogP contribution in [0.3, 0.4) is 0 Å². The highest BCUT2D eigenvalue weighted by atomic mass is 16.5. The molecule has 4 heteroatoms. The van der Waals surface area contributed by atoms with Crippen molar-refractivity contribution in [3.05, 3.63) is 18.0 Å². The summed E-state index contributed by atoms with van der Waals surface area (Å²) in [6, 6.07) is 0.376. The van der Waals surface area contributed by atoms with Crippen LogP contribution in [-0.2, 0) is 11.3 Å². The van der Waals surface area contributed by atoms with Crippen LogP contribution in [0.1, 0.15) is 38.8 Å². The SMILES string of the molecule is CCCNC(C)c1cnn(CCOCC)c1. The highest BCUT2D eigenvalue weighted by Gasteiger charge is 2.06. The maximum absolute atomic E-state index is 5.30. The average Bonchev–Trinajstić information content (AvgIpc) is 2.75. The molecule has 1 atom stereocenters. The molecule has 4 nitrogen and oxygen atoms in total. The molecule has 0 spiro atoms. The van der Waals surface area contributed by atoms with Crippen LogP contribution in [0.2, 0.25) is 0 Å². The predicted molar refractivity (Wildman–Crippen MR) is 65.4 cm³/mol. The summed E-state index contributed by atoms with van der Waals surface area (Å²) in [6.45, 7) is 9.71. The Labute approximate surface area is 98.0 Å². The summed E-state index contributed by atoms with van der Waals surface area (Å²) in [7, 11) is 0. The summed E-state index contributed by atoms with van der Waals surface area (Å²) in [5.41, 5.74) is 1.24. The summed E-state index contributed by atoms with van der Waals surface area (Å²) in [4.78, 5) is 0. The molecular weight excluding hydrogens is 202 g/mol. The zero-order valence-electron chi connectivity index (χ0n) is 10.6. The molecule has 16 heavy (non-hydrogen) atoms. The molecule has 0 bridgehead atoms. The van der Waals surface area contributed by atoms with Crippen LogP contribution < -0.4 is 5.32 Å². The Bertz CT molecular complexity index is 286. The van der Waals surface area contributed by atoms with E-state index in [9.17, 15) is 0 Å². The molecule has 1 N–H and O–H groups in total. The Morgan fingerprint density at radius 1 is 1.50 bits per heavy atom. The first-order valence-corrected chi connectivity index (χ1v) is 6.11. The van der Waals surface area contributed by atoms with Gasteiger partial charge in [-0.05, 0) is 26.8 Å². The minimum absolute atomic E-state index is 0.376. The molecule has 0 radical (unpaired) electrons. The Morgan fingerprint density at radius 3 is 3.00 bits per heavy atom. The van der Waals surface area contributed by atoms with Gasteiger partial charge in [0.15, 0.2) is 0 Å². The summed E-state index contributed by atoms with van der Waals surface area (Å²) in [5, 5.41) is 7.76. The van der Waals surface area contributed by atoms with Crippen molar-refractivity contribution in [2.75, 3.05) is 19.8 Å². The van der Waals surface area contributed by atoms with E-state index in [-0.39, 0.29) is 0 Å². The van der Waals surface area contributed by atoms with Crippen molar-refractivity contribution in [1.29, 1.82) is 0 Å². The quantitative estimate of drug-likeness (QED) is 0.688. The van der Waals surface area contributed by atoms with E-state index in [1.165, 1.54) is 5.56 Å². The second kappa shape index (κ2) is 7.41. The van der Waals surface area contributed by atoms with Gasteiger partial charge in [0.1, 0.15) is 0 Å². The van der Waals surface area contributed by atoms with Crippen molar-refractivity contribution < 1.29 is 4.74 Å². The summed E-state index contributed by atoms with van der Waals surface area (Å²) in [5.74, 6) is 0. The van der Waals surface area contributed by atoms with Gasteiger partial charge in [0.05, 0.1) is 19.3 Å². The van der Waals surface area contributed by atoms with Gasteiger partial charge in [0.25, 0.3) is 0 Å². The smallest absolute Gasteiger partial charge is 0.0662 e. The monoisotopic (exact) mass is 225 g/mol. The number of hydrogen-bond donors (Lipinski definition) is 1. The van der Waals surface area contributed by atoms with Gasteiger partial charge in [-0.2, -0.15) is 5.10 Å². The van der Waals surface area contributed by atoms with Gasteiger partial charge in [0.2, 0.25) is 0 Å². The Morgan fingerprint density at radius 2 is 2.31 bits per heavy atom. The molecule has 0 saturated heterocycles. The van der Waals surface area contributed by atoms with E-state index in [1.807, 2.05) is 17.8 Å². The maximum Gasteiger partial charge on any atom is 0.0662 e. The molecule has 0 aliphatic carbocycles. The molecule has 0 saturated carbocycles. The lowest BCUT2D eigenvalue weighted by molar-refractivity contribution is 0.136. The number of hydrogen-bond acceptors (Lipinski definition) is 3. The van der Waals surface area contributed by atoms with Crippen LogP contribution in [0, 0.1) is 0 Å². The van der Waals surface area contributed by atoms with E-state index in [0.717, 1.165) is 32.7 Å². The zero-order chi connectivity index (χ0) is 11.8. The van der Waals surface area contributed by atoms with Crippen molar-refractivity contribution in [2.45, 2.75) is 39.8 Å². The lowest BCUT2D eigenvalue weighted by Gasteiger charge is -2.10. The first-order chi connectivity index (χ1) is 7.77. The molecule has 1 heterocycles. The Hall–Kier alpha value is -0.870. The summed E-state index contributed by atoms with van der Waals surface area (Å²) in [6.07, 6.45) is 5.18. The third-order valence-electron chi connectivity index (χ3n) is 2.52. The van der Waals surface area contributed by atoms with E-state index >= 15 is 0 Å². The number of ether oxygens (including phenoxy) is 1. The third kappa shape index (κ3) is 4.33. The highest BCUT2D eigenvalue weighted by molar-refractivity contribution is 5.09. The molecule has 1 aromatic heterocycles. The number of aromatic nitrogens is 2. The van der Waals surface area contributed by atoms with Crippen molar-refractivity contribution in [2.24, 2.45) is 0 Å². The van der Waals surface area contributed by atoms with Gasteiger partial charge >= 0.3 is 0 Å². The van der Waals surface area contributed by atoms with Crippen molar-refractivity contribution in [3.63, 3.8) is 0 Å². The Balaban J connectivity index is 2.37. The maximum atomic E-state index is 5.30. The summed E-state index contributed by atoms with van der Waals surface area (Å²) < 4.78 is 7.24. The van der Waals surface area contributed by atoms with Gasteiger partial charge in [-0.3, -0.25) is 4.68 Å². The third-order valence-corrected chi connectivity index (χ3v) is 2.52. The van der Waals surface area contributed by atoms with E-state index in [4.69, 9.17) is 4.74 Å². The van der Waals surface area contributed by atoms with Crippen LogP contribution in [-0.4, -0.2) is 29.5 Å². The van der Waals surface area contributed by atoms with Crippen LogP contribution in [0.4, 0.5) is 0 Å². The topological polar surface area (TPSA) is 39.1 Å². The van der Waals surface area contributed by atoms with Crippen molar-refractivity contribution in [1.82, 2.24) is 15.1 Å². The fourth-order valence-electron chi connectivity index (χ4n) is 1.51. The first-order valence-electron chi connectivity index (χ1n) is 6.11. The highest BCUT2D eigenvalue weighted by Crippen LogP contribution is 2.10. The lowest BCUT2D eigenvalue weighted by atomic mass is 10.2. The summed E-state index contributed by atoms with van der Waals surface area (Å²) >= 11 is 0. The second-order valence-corrected chi connectivity index (χ2v) is 3.91. The Kier molecular flexibility index (Phi) is 6.11. The van der Waals surface area contributed by atoms with E-state index in [2.05, 4.69) is 30.5 Å². The van der Waals surface area contributed by atoms with Gasteiger partial charge < -0.3 is 10.1 Å². The van der Waals surface area contributed by atoms with E-state index in [1.54, 1.807) is 0 Å². The van der Waals surface area contributed by atoms with Gasteiger partial charge in [-0.25, -0.2) is 0 Å². The minimum atomic E-state index is 0.376. The number of nitrogens with zero attached hydrogens (tertiary/aromatic N) is 2.